The molecule has 0 aliphatic rings. The normalized spacial score (nSPS) is 11.9. The number of hydrogen-bond donors (Lipinski definition) is 0. The molecule has 0 radical (unpaired) electrons. The van der Waals surface area contributed by atoms with Gasteiger partial charge in [0.05, 0.1) is 6.54 Å². The van der Waals surface area contributed by atoms with Crippen molar-refractivity contribution in [3.8, 4) is 0 Å². The Kier molecular flexibility index (Phi) is 4.28. The molecule has 2 heterocycles. The van der Waals surface area contributed by atoms with Crippen molar-refractivity contribution >= 4 is 16.9 Å². The highest BCUT2D eigenvalue weighted by Gasteiger charge is 2.29. The van der Waals surface area contributed by atoms with E-state index in [0.29, 0.717) is 5.58 Å². The van der Waals surface area contributed by atoms with Gasteiger partial charge in [0.2, 0.25) is 0 Å². The van der Waals surface area contributed by atoms with Gasteiger partial charge in [-0.2, -0.15) is 13.2 Å². The number of aromatic nitrogens is 2. The van der Waals surface area contributed by atoms with Crippen LogP contribution in [0.25, 0.3) is 11.0 Å². The van der Waals surface area contributed by atoms with E-state index in [0.717, 1.165) is 15.5 Å². The quantitative estimate of drug-likeness (QED) is 0.719. The van der Waals surface area contributed by atoms with Crippen LogP contribution in [-0.2, 0) is 13.1 Å². The molecular formula is C17H16F3N3O2. The summed E-state index contributed by atoms with van der Waals surface area (Å²) in [6.07, 6.45) is -1.83. The molecule has 132 valence electrons. The van der Waals surface area contributed by atoms with Gasteiger partial charge in [0, 0.05) is 24.8 Å². The molecule has 5 nitrogen and oxygen atoms in total. The molecule has 3 rings (SSSR count). The van der Waals surface area contributed by atoms with Gasteiger partial charge in [-0.15, -0.1) is 0 Å². The summed E-state index contributed by atoms with van der Waals surface area (Å²) in [6, 6.07) is 7.17. The zero-order valence-corrected chi connectivity index (χ0v) is 13.7. The Labute approximate surface area is 141 Å². The Hall–Kier alpha value is -2.77. The minimum absolute atomic E-state index is 0.0576. The van der Waals surface area contributed by atoms with Crippen molar-refractivity contribution in [2.75, 3.05) is 7.05 Å². The topological polar surface area (TPSA) is 51.3 Å². The second-order valence-corrected chi connectivity index (χ2v) is 5.90. The third-order valence-corrected chi connectivity index (χ3v) is 3.76. The lowest BCUT2D eigenvalue weighted by Gasteiger charge is -2.17. The standard InChI is InChI=1S/C17H16F3N3O2/c1-11-3-4-13-12(7-11)8-14(25-13)16(24)22(2)9-15-21-5-6-23(15)10-17(18,19)20/h3-8H,9-10H2,1-2H3. The summed E-state index contributed by atoms with van der Waals surface area (Å²) in [5, 5.41) is 0.801. The highest BCUT2D eigenvalue weighted by molar-refractivity contribution is 5.96. The minimum Gasteiger partial charge on any atom is -0.451 e. The highest BCUT2D eigenvalue weighted by atomic mass is 19.4. The van der Waals surface area contributed by atoms with E-state index in [4.69, 9.17) is 4.42 Å². The van der Waals surface area contributed by atoms with Gasteiger partial charge >= 0.3 is 6.18 Å². The molecule has 0 saturated carbocycles. The first-order valence-corrected chi connectivity index (χ1v) is 7.55. The summed E-state index contributed by atoms with van der Waals surface area (Å²) in [6.45, 7) is 0.729. The lowest BCUT2D eigenvalue weighted by molar-refractivity contribution is -0.141. The maximum absolute atomic E-state index is 12.6. The van der Waals surface area contributed by atoms with Crippen LogP contribution in [0.3, 0.4) is 0 Å². The molecule has 0 bridgehead atoms. The number of aryl methyl sites for hydroxylation is 1. The molecule has 0 fully saturated rings. The fourth-order valence-corrected chi connectivity index (χ4v) is 2.57. The Morgan fingerprint density at radius 3 is 2.80 bits per heavy atom. The van der Waals surface area contributed by atoms with Crippen molar-refractivity contribution in [1.29, 1.82) is 0 Å². The second kappa shape index (κ2) is 6.27. The van der Waals surface area contributed by atoms with E-state index < -0.39 is 18.6 Å². The van der Waals surface area contributed by atoms with E-state index in [9.17, 15) is 18.0 Å². The molecule has 8 heteroatoms. The Balaban J connectivity index is 1.77. The van der Waals surface area contributed by atoms with Crippen molar-refractivity contribution < 1.29 is 22.4 Å². The predicted octanol–water partition coefficient (Wildman–Crippen LogP) is 3.77. The van der Waals surface area contributed by atoms with Crippen molar-refractivity contribution in [3.05, 3.63) is 53.8 Å². The monoisotopic (exact) mass is 351 g/mol. The summed E-state index contributed by atoms with van der Waals surface area (Å²) in [4.78, 5) is 17.7. The first-order chi connectivity index (χ1) is 11.7. The fraction of sp³-hybridized carbons (Fsp3) is 0.294. The van der Waals surface area contributed by atoms with E-state index in [1.54, 1.807) is 12.1 Å². The number of imidazole rings is 1. The molecule has 0 aliphatic carbocycles. The van der Waals surface area contributed by atoms with E-state index in [1.165, 1.54) is 24.3 Å². The highest BCUT2D eigenvalue weighted by Crippen LogP contribution is 2.22. The number of fused-ring (bicyclic) bond motifs is 1. The molecule has 0 atom stereocenters. The van der Waals surface area contributed by atoms with E-state index in [2.05, 4.69) is 4.98 Å². The number of benzene rings is 1. The molecule has 0 spiro atoms. The molecular weight excluding hydrogens is 335 g/mol. The lowest BCUT2D eigenvalue weighted by atomic mass is 10.2. The summed E-state index contributed by atoms with van der Waals surface area (Å²) < 4.78 is 44.2. The first-order valence-electron chi connectivity index (χ1n) is 7.55. The van der Waals surface area contributed by atoms with Crippen molar-refractivity contribution in [2.45, 2.75) is 26.2 Å². The smallest absolute Gasteiger partial charge is 0.406 e. The maximum atomic E-state index is 12.6. The number of nitrogens with zero attached hydrogens (tertiary/aromatic N) is 3. The third kappa shape index (κ3) is 3.84. The van der Waals surface area contributed by atoms with Crippen molar-refractivity contribution in [3.63, 3.8) is 0 Å². The maximum Gasteiger partial charge on any atom is 0.406 e. The third-order valence-electron chi connectivity index (χ3n) is 3.76. The van der Waals surface area contributed by atoms with Crippen LogP contribution in [0.15, 0.2) is 41.1 Å². The Morgan fingerprint density at radius 1 is 1.32 bits per heavy atom. The number of hydrogen-bond acceptors (Lipinski definition) is 3. The summed E-state index contributed by atoms with van der Waals surface area (Å²) >= 11 is 0. The van der Waals surface area contributed by atoms with Crippen LogP contribution in [0.2, 0.25) is 0 Å². The van der Waals surface area contributed by atoms with Gasteiger partial charge in [-0.25, -0.2) is 4.98 Å². The van der Waals surface area contributed by atoms with Gasteiger partial charge in [0.1, 0.15) is 18.0 Å². The van der Waals surface area contributed by atoms with Gasteiger partial charge in [0.15, 0.2) is 5.76 Å². The number of halogens is 3. The van der Waals surface area contributed by atoms with Crippen LogP contribution < -0.4 is 0 Å². The average Bonchev–Trinajstić information content (AvgIpc) is 3.11. The van der Waals surface area contributed by atoms with Crippen molar-refractivity contribution in [1.82, 2.24) is 14.5 Å². The van der Waals surface area contributed by atoms with E-state index in [-0.39, 0.29) is 18.1 Å². The Morgan fingerprint density at radius 2 is 2.08 bits per heavy atom. The van der Waals surface area contributed by atoms with Gasteiger partial charge in [-0.05, 0) is 25.1 Å². The van der Waals surface area contributed by atoms with Crippen LogP contribution in [0, 0.1) is 6.92 Å². The molecule has 2 aromatic heterocycles. The van der Waals surface area contributed by atoms with Crippen LogP contribution >= 0.6 is 0 Å². The molecule has 25 heavy (non-hydrogen) atoms. The molecule has 1 aromatic carbocycles. The largest absolute Gasteiger partial charge is 0.451 e. The molecule has 0 aliphatic heterocycles. The number of alkyl halides is 3. The molecule has 1 amide bonds. The Bertz CT molecular complexity index is 911. The predicted molar refractivity (Wildman–Crippen MR) is 85.0 cm³/mol. The van der Waals surface area contributed by atoms with Gasteiger partial charge in [-0.3, -0.25) is 4.79 Å². The number of carbonyl (C=O) groups is 1. The van der Waals surface area contributed by atoms with Gasteiger partial charge < -0.3 is 13.9 Å². The van der Waals surface area contributed by atoms with Crippen LogP contribution in [0.1, 0.15) is 21.9 Å². The van der Waals surface area contributed by atoms with Crippen LogP contribution in [-0.4, -0.2) is 33.6 Å². The van der Waals surface area contributed by atoms with Crippen LogP contribution in [0.4, 0.5) is 13.2 Å². The first kappa shape index (κ1) is 17.1. The number of amides is 1. The van der Waals surface area contributed by atoms with Gasteiger partial charge in [0.25, 0.3) is 5.91 Å². The zero-order valence-electron chi connectivity index (χ0n) is 13.7. The number of carbonyl (C=O) groups excluding carboxylic acids is 1. The minimum atomic E-state index is -4.35. The van der Waals surface area contributed by atoms with Crippen LogP contribution in [0.5, 0.6) is 0 Å². The molecule has 0 saturated heterocycles. The van der Waals surface area contributed by atoms with Crippen molar-refractivity contribution in [2.24, 2.45) is 0 Å². The number of furan rings is 1. The average molecular weight is 351 g/mol. The molecule has 0 unspecified atom stereocenters. The second-order valence-electron chi connectivity index (χ2n) is 5.90. The fourth-order valence-electron chi connectivity index (χ4n) is 2.57. The summed E-state index contributed by atoms with van der Waals surface area (Å²) in [7, 11) is 1.49. The van der Waals surface area contributed by atoms with E-state index in [1.807, 2.05) is 19.1 Å². The lowest BCUT2D eigenvalue weighted by Crippen LogP contribution is -2.28. The van der Waals surface area contributed by atoms with E-state index >= 15 is 0 Å². The summed E-state index contributed by atoms with van der Waals surface area (Å²) in [5.41, 5.74) is 1.62. The SMILES string of the molecule is Cc1ccc2oc(C(=O)N(C)Cc3nccn3CC(F)(F)F)cc2c1. The summed E-state index contributed by atoms with van der Waals surface area (Å²) in [5.74, 6) is -0.132. The number of rotatable bonds is 4. The zero-order chi connectivity index (χ0) is 18.2. The molecule has 0 N–H and O–H groups in total. The van der Waals surface area contributed by atoms with Gasteiger partial charge in [-0.1, -0.05) is 11.6 Å². The molecule has 3 aromatic rings.